The molecule has 0 saturated carbocycles. The molecule has 2 atom stereocenters. The van der Waals surface area contributed by atoms with Gasteiger partial charge in [0.2, 0.25) is 0 Å². The monoisotopic (exact) mass is 171 g/mol. The summed E-state index contributed by atoms with van der Waals surface area (Å²) in [5.74, 6) is 2.92. The fourth-order valence-electron chi connectivity index (χ4n) is 1.33. The Hall–Kier alpha value is -0.250. The average molecular weight is 171 g/mol. The largest absolute Gasteiger partial charge is 0.307 e. The third-order valence-corrected chi connectivity index (χ3v) is 5.08. The van der Waals surface area contributed by atoms with Crippen LogP contribution in [0.15, 0.2) is 0 Å². The van der Waals surface area contributed by atoms with Gasteiger partial charge in [0, 0.05) is 25.3 Å². The molecule has 0 spiro atoms. The fraction of sp³-hybridized carbons (Fsp3) is 0.750. The van der Waals surface area contributed by atoms with E-state index in [2.05, 4.69) is 5.92 Å². The molecule has 1 aliphatic heterocycles. The van der Waals surface area contributed by atoms with E-state index >= 15 is 0 Å². The minimum atomic E-state index is -2.06. The van der Waals surface area contributed by atoms with Crippen LogP contribution < -0.4 is 0 Å². The molecule has 1 fully saturated rings. The van der Waals surface area contributed by atoms with E-state index in [0.717, 1.165) is 13.0 Å². The molecule has 0 N–H and O–H groups in total. The van der Waals surface area contributed by atoms with Gasteiger partial charge < -0.3 is 4.57 Å². The summed E-state index contributed by atoms with van der Waals surface area (Å²) in [5.41, 5.74) is 0. The molecule has 0 aromatic carbocycles. The van der Waals surface area contributed by atoms with Crippen molar-refractivity contribution in [1.29, 1.82) is 0 Å². The smallest absolute Gasteiger partial charge is 0.148 e. The molecule has 1 heterocycles. The summed E-state index contributed by atoms with van der Waals surface area (Å²) in [7, 11) is -0.149. The Labute approximate surface area is 68.4 Å². The van der Waals surface area contributed by atoms with Crippen molar-refractivity contribution in [3.63, 3.8) is 0 Å². The van der Waals surface area contributed by atoms with Gasteiger partial charge in [-0.15, -0.1) is 12.3 Å². The van der Waals surface area contributed by atoms with Gasteiger partial charge in [-0.05, 0) is 13.5 Å². The third-order valence-electron chi connectivity index (χ3n) is 2.32. The molecule has 0 aliphatic carbocycles. The standard InChI is InChI=1S/C8H14NOP/c1-4-8-5-6-9(2)11(3,10)7-8/h1,8H,5-7H2,2-3H3. The molecule has 2 unspecified atom stereocenters. The number of hydrogen-bond acceptors (Lipinski definition) is 1. The van der Waals surface area contributed by atoms with E-state index < -0.39 is 7.29 Å². The highest BCUT2D eigenvalue weighted by Crippen LogP contribution is 2.49. The quantitative estimate of drug-likeness (QED) is 0.406. The average Bonchev–Trinajstić information content (AvgIpc) is 1.95. The highest BCUT2D eigenvalue weighted by atomic mass is 31.2. The lowest BCUT2D eigenvalue weighted by molar-refractivity contribution is 0.411. The van der Waals surface area contributed by atoms with E-state index in [9.17, 15) is 4.57 Å². The van der Waals surface area contributed by atoms with Crippen LogP contribution in [0.4, 0.5) is 0 Å². The number of rotatable bonds is 0. The zero-order valence-electron chi connectivity index (χ0n) is 7.08. The predicted octanol–water partition coefficient (Wildman–Crippen LogP) is 1.48. The molecule has 0 aromatic rings. The van der Waals surface area contributed by atoms with Crippen molar-refractivity contribution in [3.8, 4) is 12.3 Å². The Morgan fingerprint density at radius 3 is 2.82 bits per heavy atom. The zero-order chi connectivity index (χ0) is 8.48. The fourth-order valence-corrected chi connectivity index (χ4v) is 3.25. The van der Waals surface area contributed by atoms with E-state index in [0.29, 0.717) is 6.16 Å². The summed E-state index contributed by atoms with van der Waals surface area (Å²) in [6, 6.07) is 0. The molecule has 2 nitrogen and oxygen atoms in total. The van der Waals surface area contributed by atoms with Gasteiger partial charge in [0.05, 0.1) is 0 Å². The van der Waals surface area contributed by atoms with Crippen molar-refractivity contribution in [2.45, 2.75) is 6.42 Å². The molecule has 0 bridgehead atoms. The number of nitrogens with zero attached hydrogens (tertiary/aromatic N) is 1. The minimum Gasteiger partial charge on any atom is -0.307 e. The molecule has 1 rings (SSSR count). The van der Waals surface area contributed by atoms with Gasteiger partial charge in [0.1, 0.15) is 7.29 Å². The normalized spacial score (nSPS) is 39.9. The summed E-state index contributed by atoms with van der Waals surface area (Å²) in [6.45, 7) is 2.69. The van der Waals surface area contributed by atoms with E-state index in [1.807, 2.05) is 18.4 Å². The van der Waals surface area contributed by atoms with Crippen LogP contribution in [-0.4, -0.2) is 31.1 Å². The van der Waals surface area contributed by atoms with Crippen LogP contribution >= 0.6 is 7.29 Å². The number of hydrogen-bond donors (Lipinski definition) is 0. The first-order valence-corrected chi connectivity index (χ1v) is 6.10. The van der Waals surface area contributed by atoms with E-state index in [1.165, 1.54) is 0 Å². The first-order valence-electron chi connectivity index (χ1n) is 3.80. The lowest BCUT2D eigenvalue weighted by Gasteiger charge is -2.32. The van der Waals surface area contributed by atoms with Crippen molar-refractivity contribution in [2.75, 3.05) is 26.4 Å². The molecule has 0 amide bonds. The molecule has 0 aromatic heterocycles. The second-order valence-corrected chi connectivity index (χ2v) is 6.42. The van der Waals surface area contributed by atoms with Crippen LogP contribution in [0, 0.1) is 18.3 Å². The molecule has 0 radical (unpaired) electrons. The summed E-state index contributed by atoms with van der Waals surface area (Å²) in [4.78, 5) is 0. The molecule has 1 saturated heterocycles. The van der Waals surface area contributed by atoms with Crippen molar-refractivity contribution in [3.05, 3.63) is 0 Å². The predicted molar refractivity (Wildman–Crippen MR) is 48.0 cm³/mol. The molecular formula is C8H14NOP. The number of terminal acetylenes is 1. The van der Waals surface area contributed by atoms with E-state index in [4.69, 9.17) is 6.42 Å². The van der Waals surface area contributed by atoms with Gasteiger partial charge in [-0.3, -0.25) is 4.67 Å². The Morgan fingerprint density at radius 2 is 2.36 bits per heavy atom. The summed E-state index contributed by atoms with van der Waals surface area (Å²) in [6.07, 6.45) is 6.97. The van der Waals surface area contributed by atoms with Crippen LogP contribution in [0.5, 0.6) is 0 Å². The lowest BCUT2D eigenvalue weighted by Crippen LogP contribution is -2.28. The topological polar surface area (TPSA) is 20.3 Å². The second-order valence-electron chi connectivity index (χ2n) is 3.27. The molecular weight excluding hydrogens is 157 g/mol. The highest BCUT2D eigenvalue weighted by molar-refractivity contribution is 7.60. The van der Waals surface area contributed by atoms with Crippen LogP contribution in [0.25, 0.3) is 0 Å². The first kappa shape index (κ1) is 8.84. The van der Waals surface area contributed by atoms with Gasteiger partial charge in [-0.1, -0.05) is 0 Å². The van der Waals surface area contributed by atoms with Gasteiger partial charge in [-0.2, -0.15) is 0 Å². The van der Waals surface area contributed by atoms with Crippen LogP contribution in [0.1, 0.15) is 6.42 Å². The van der Waals surface area contributed by atoms with Gasteiger partial charge in [-0.25, -0.2) is 0 Å². The molecule has 11 heavy (non-hydrogen) atoms. The Morgan fingerprint density at radius 1 is 1.73 bits per heavy atom. The maximum atomic E-state index is 11.8. The van der Waals surface area contributed by atoms with Crippen molar-refractivity contribution in [2.24, 2.45) is 5.92 Å². The third kappa shape index (κ3) is 1.86. The van der Waals surface area contributed by atoms with Gasteiger partial charge in [0.25, 0.3) is 0 Å². The maximum absolute atomic E-state index is 11.8. The Balaban J connectivity index is 2.69. The first-order chi connectivity index (χ1) is 5.06. The Kier molecular flexibility index (Phi) is 2.42. The molecule has 3 heteroatoms. The maximum Gasteiger partial charge on any atom is 0.148 e. The van der Waals surface area contributed by atoms with Crippen LogP contribution in [0.2, 0.25) is 0 Å². The summed E-state index contributed by atoms with van der Waals surface area (Å²) >= 11 is 0. The van der Waals surface area contributed by atoms with Crippen molar-refractivity contribution >= 4 is 7.29 Å². The summed E-state index contributed by atoms with van der Waals surface area (Å²) < 4.78 is 13.7. The van der Waals surface area contributed by atoms with E-state index in [-0.39, 0.29) is 5.92 Å². The van der Waals surface area contributed by atoms with Gasteiger partial charge >= 0.3 is 0 Å². The Bertz CT molecular complexity index is 231. The highest BCUT2D eigenvalue weighted by Gasteiger charge is 2.29. The van der Waals surface area contributed by atoms with Crippen molar-refractivity contribution < 1.29 is 4.57 Å². The van der Waals surface area contributed by atoms with Crippen LogP contribution in [-0.2, 0) is 4.57 Å². The summed E-state index contributed by atoms with van der Waals surface area (Å²) in [5, 5.41) is 0. The second kappa shape index (κ2) is 3.01. The lowest BCUT2D eigenvalue weighted by atomic mass is 10.1. The molecule has 62 valence electrons. The SMILES string of the molecule is C#CC1CCN(C)P(C)(=O)C1. The minimum absolute atomic E-state index is 0.238. The van der Waals surface area contributed by atoms with Crippen molar-refractivity contribution in [1.82, 2.24) is 4.67 Å². The van der Waals surface area contributed by atoms with Crippen LogP contribution in [0.3, 0.4) is 0 Å². The van der Waals surface area contributed by atoms with E-state index in [1.54, 1.807) is 0 Å². The molecule has 1 aliphatic rings. The van der Waals surface area contributed by atoms with Gasteiger partial charge in [0.15, 0.2) is 0 Å². The zero-order valence-corrected chi connectivity index (χ0v) is 7.97.